The number of aromatic nitrogens is 4. The first-order chi connectivity index (χ1) is 20.4. The standard InChI is InChI=1S/C37H24N4/c1-4-11-26(12-5-1)37-38-24-33(40(37)29-16-8-3-9-17-29)41-31-18-10-13-25-19-20-30-35(34(25)31)32(41)23-27-21-22-39(36(27)30)28-14-6-2-7-15-28/h1-24H. The van der Waals surface area contributed by atoms with Crippen LogP contribution >= 0.6 is 0 Å². The predicted molar refractivity (Wildman–Crippen MR) is 169 cm³/mol. The minimum absolute atomic E-state index is 0.919. The molecule has 0 amide bonds. The molecule has 0 aliphatic rings. The molecule has 0 saturated carbocycles. The molecule has 6 aromatic carbocycles. The molecule has 0 saturated heterocycles. The van der Waals surface area contributed by atoms with Gasteiger partial charge in [-0.1, -0.05) is 91.0 Å². The van der Waals surface area contributed by atoms with Gasteiger partial charge in [0.1, 0.15) is 11.6 Å². The molecule has 0 atom stereocenters. The third kappa shape index (κ3) is 3.13. The van der Waals surface area contributed by atoms with Crippen LogP contribution in [0.4, 0.5) is 0 Å². The molecular formula is C37H24N4. The summed E-state index contributed by atoms with van der Waals surface area (Å²) in [5.41, 5.74) is 6.92. The van der Waals surface area contributed by atoms with Crippen molar-refractivity contribution in [2.45, 2.75) is 0 Å². The van der Waals surface area contributed by atoms with Gasteiger partial charge in [0.2, 0.25) is 0 Å². The van der Waals surface area contributed by atoms with Crippen molar-refractivity contribution in [2.75, 3.05) is 0 Å². The molecule has 0 bridgehead atoms. The summed E-state index contributed by atoms with van der Waals surface area (Å²) in [5.74, 6) is 1.93. The maximum atomic E-state index is 5.02. The molecule has 0 aliphatic carbocycles. The summed E-state index contributed by atoms with van der Waals surface area (Å²) < 4.78 is 6.99. The van der Waals surface area contributed by atoms with E-state index in [9.17, 15) is 0 Å². The first-order valence-electron chi connectivity index (χ1n) is 13.9. The van der Waals surface area contributed by atoms with Gasteiger partial charge < -0.3 is 4.57 Å². The Balaban J connectivity index is 1.43. The Kier molecular flexibility index (Phi) is 4.58. The Morgan fingerprint density at radius 1 is 0.512 bits per heavy atom. The molecule has 0 aliphatic heterocycles. The van der Waals surface area contributed by atoms with Gasteiger partial charge in [-0.15, -0.1) is 0 Å². The van der Waals surface area contributed by atoms with Crippen molar-refractivity contribution in [1.29, 1.82) is 0 Å². The zero-order chi connectivity index (χ0) is 26.9. The van der Waals surface area contributed by atoms with Gasteiger partial charge in [0.25, 0.3) is 0 Å². The first-order valence-corrected chi connectivity index (χ1v) is 13.9. The zero-order valence-corrected chi connectivity index (χ0v) is 22.1. The largest absolute Gasteiger partial charge is 0.316 e. The number of fused-ring (bicyclic) bond motifs is 2. The van der Waals surface area contributed by atoms with Gasteiger partial charge in [-0.25, -0.2) is 4.98 Å². The van der Waals surface area contributed by atoms with E-state index in [0.29, 0.717) is 0 Å². The van der Waals surface area contributed by atoms with Crippen LogP contribution in [0.25, 0.3) is 72.1 Å². The van der Waals surface area contributed by atoms with Crippen LogP contribution in [0.5, 0.6) is 0 Å². The highest BCUT2D eigenvalue weighted by Crippen LogP contribution is 2.43. The van der Waals surface area contributed by atoms with E-state index in [2.05, 4.69) is 147 Å². The van der Waals surface area contributed by atoms with Gasteiger partial charge in [-0.3, -0.25) is 9.13 Å². The minimum atomic E-state index is 0.919. The smallest absolute Gasteiger partial charge is 0.146 e. The highest BCUT2D eigenvalue weighted by atomic mass is 15.2. The second-order valence-corrected chi connectivity index (χ2v) is 10.5. The Morgan fingerprint density at radius 2 is 1.24 bits per heavy atom. The highest BCUT2D eigenvalue weighted by molar-refractivity contribution is 6.29. The maximum Gasteiger partial charge on any atom is 0.146 e. The summed E-state index contributed by atoms with van der Waals surface area (Å²) in [4.78, 5) is 5.02. The van der Waals surface area contributed by atoms with Gasteiger partial charge in [0.05, 0.1) is 22.7 Å². The molecule has 0 radical (unpaired) electrons. The van der Waals surface area contributed by atoms with Crippen LogP contribution in [-0.4, -0.2) is 18.7 Å². The Labute approximate surface area is 236 Å². The lowest BCUT2D eigenvalue weighted by molar-refractivity contribution is 0.978. The van der Waals surface area contributed by atoms with E-state index in [1.807, 2.05) is 12.3 Å². The fourth-order valence-corrected chi connectivity index (χ4v) is 6.56. The number of rotatable bonds is 4. The van der Waals surface area contributed by atoms with E-state index in [0.717, 1.165) is 28.6 Å². The van der Waals surface area contributed by atoms with E-state index in [4.69, 9.17) is 4.98 Å². The molecule has 9 aromatic rings. The number of hydrogen-bond acceptors (Lipinski definition) is 1. The lowest BCUT2D eigenvalue weighted by atomic mass is 10.0. The summed E-state index contributed by atoms with van der Waals surface area (Å²) in [6.07, 6.45) is 4.21. The van der Waals surface area contributed by atoms with Crippen LogP contribution in [0, 0.1) is 0 Å². The van der Waals surface area contributed by atoms with Crippen molar-refractivity contribution < 1.29 is 0 Å². The molecular weight excluding hydrogens is 500 g/mol. The first kappa shape index (κ1) is 22.2. The predicted octanol–water partition coefficient (Wildman–Crippen LogP) is 9.17. The van der Waals surface area contributed by atoms with Crippen molar-refractivity contribution in [3.8, 4) is 28.6 Å². The lowest BCUT2D eigenvalue weighted by Crippen LogP contribution is -2.05. The van der Waals surface area contributed by atoms with Crippen LogP contribution in [0.2, 0.25) is 0 Å². The highest BCUT2D eigenvalue weighted by Gasteiger charge is 2.23. The molecule has 192 valence electrons. The van der Waals surface area contributed by atoms with Crippen molar-refractivity contribution in [2.24, 2.45) is 0 Å². The normalized spacial score (nSPS) is 11.9. The fraction of sp³-hybridized carbons (Fsp3) is 0. The van der Waals surface area contributed by atoms with Crippen LogP contribution in [0.15, 0.2) is 146 Å². The van der Waals surface area contributed by atoms with Gasteiger partial charge in [0, 0.05) is 44.7 Å². The van der Waals surface area contributed by atoms with E-state index >= 15 is 0 Å². The van der Waals surface area contributed by atoms with E-state index in [1.54, 1.807) is 0 Å². The second-order valence-electron chi connectivity index (χ2n) is 10.5. The summed E-state index contributed by atoms with van der Waals surface area (Å²) in [6.45, 7) is 0. The number of imidazole rings is 1. The summed E-state index contributed by atoms with van der Waals surface area (Å²) in [5, 5.41) is 6.27. The molecule has 0 spiro atoms. The SMILES string of the molecule is c1ccc(-c2ncc(-n3c4cccc5ccc6c(c54)c3cc3ccn(-c4ccccc4)c36)n2-c2ccccc2)cc1. The third-order valence-electron chi connectivity index (χ3n) is 8.28. The lowest BCUT2D eigenvalue weighted by Gasteiger charge is -2.15. The van der Waals surface area contributed by atoms with Crippen molar-refractivity contribution in [3.63, 3.8) is 0 Å². The van der Waals surface area contributed by atoms with Crippen molar-refractivity contribution in [1.82, 2.24) is 18.7 Å². The summed E-state index contributed by atoms with van der Waals surface area (Å²) >= 11 is 0. The van der Waals surface area contributed by atoms with Crippen LogP contribution in [-0.2, 0) is 0 Å². The van der Waals surface area contributed by atoms with Crippen LogP contribution in [0.1, 0.15) is 0 Å². The summed E-state index contributed by atoms with van der Waals surface area (Å²) in [7, 11) is 0. The molecule has 9 rings (SSSR count). The van der Waals surface area contributed by atoms with Gasteiger partial charge in [-0.05, 0) is 47.9 Å². The Hall–Kier alpha value is -5.61. The van der Waals surface area contributed by atoms with E-state index in [1.165, 1.54) is 43.5 Å². The molecule has 4 heteroatoms. The van der Waals surface area contributed by atoms with Crippen molar-refractivity contribution >= 4 is 43.5 Å². The van der Waals surface area contributed by atoms with Gasteiger partial charge in [0.15, 0.2) is 0 Å². The van der Waals surface area contributed by atoms with Gasteiger partial charge >= 0.3 is 0 Å². The molecule has 3 heterocycles. The van der Waals surface area contributed by atoms with Gasteiger partial charge in [-0.2, -0.15) is 0 Å². The number of benzene rings is 6. The quantitative estimate of drug-likeness (QED) is 0.211. The maximum absolute atomic E-state index is 5.02. The Bertz CT molecular complexity index is 2340. The third-order valence-corrected chi connectivity index (χ3v) is 8.28. The summed E-state index contributed by atoms with van der Waals surface area (Å²) in [6, 6.07) is 47.3. The number of para-hydroxylation sites is 2. The molecule has 3 aromatic heterocycles. The molecule has 0 fully saturated rings. The van der Waals surface area contributed by atoms with E-state index in [-0.39, 0.29) is 0 Å². The molecule has 0 N–H and O–H groups in total. The minimum Gasteiger partial charge on any atom is -0.316 e. The molecule has 41 heavy (non-hydrogen) atoms. The monoisotopic (exact) mass is 524 g/mol. The average molecular weight is 525 g/mol. The zero-order valence-electron chi connectivity index (χ0n) is 22.1. The number of hydrogen-bond donors (Lipinski definition) is 0. The van der Waals surface area contributed by atoms with Crippen LogP contribution in [0.3, 0.4) is 0 Å². The fourth-order valence-electron chi connectivity index (χ4n) is 6.56. The molecule has 4 nitrogen and oxygen atoms in total. The molecule has 0 unspecified atom stereocenters. The van der Waals surface area contributed by atoms with Crippen LogP contribution < -0.4 is 0 Å². The topological polar surface area (TPSA) is 27.7 Å². The average Bonchev–Trinajstić information content (AvgIpc) is 3.75. The number of nitrogens with zero attached hydrogens (tertiary/aromatic N) is 4. The second kappa shape index (κ2) is 8.44. The Morgan fingerprint density at radius 3 is 2.02 bits per heavy atom. The van der Waals surface area contributed by atoms with E-state index < -0.39 is 0 Å². The van der Waals surface area contributed by atoms with Crippen molar-refractivity contribution in [3.05, 3.63) is 146 Å².